The van der Waals surface area contributed by atoms with E-state index in [1.807, 2.05) is 0 Å². The van der Waals surface area contributed by atoms with Gasteiger partial charge in [-0.05, 0) is 43.5 Å². The van der Waals surface area contributed by atoms with E-state index in [-0.39, 0.29) is 10.9 Å². The standard InChI is InChI=1S/C27H38O2S/c28-27(29)23-17-9-7-5-3-1-2-4-6-8-10-18-24-30(25-19-13-11-14-20-25)26-21-15-12-16-22-26/h11-16,19-22H,1-10,17-18,23-24H2/p+1. The summed E-state index contributed by atoms with van der Waals surface area (Å²) in [4.78, 5) is 13.4. The molecular formula is C27H39O2S+. The molecule has 0 aliphatic heterocycles. The van der Waals surface area contributed by atoms with E-state index >= 15 is 0 Å². The van der Waals surface area contributed by atoms with E-state index in [4.69, 9.17) is 5.11 Å². The maximum absolute atomic E-state index is 10.5. The number of carbonyl (C=O) groups is 1. The molecule has 1 N–H and O–H groups in total. The van der Waals surface area contributed by atoms with Crippen LogP contribution in [-0.2, 0) is 15.7 Å². The summed E-state index contributed by atoms with van der Waals surface area (Å²) in [6.07, 6.45) is 15.4. The van der Waals surface area contributed by atoms with Gasteiger partial charge in [-0.25, -0.2) is 0 Å². The second kappa shape index (κ2) is 16.0. The first kappa shape index (κ1) is 24.5. The molecule has 0 heterocycles. The number of carboxylic acid groups (broad SMARTS) is 1. The zero-order valence-electron chi connectivity index (χ0n) is 18.4. The Morgan fingerprint density at radius 3 is 1.33 bits per heavy atom. The molecule has 0 atom stereocenters. The Hall–Kier alpha value is -1.74. The highest BCUT2D eigenvalue weighted by Crippen LogP contribution is 2.25. The van der Waals surface area contributed by atoms with Gasteiger partial charge in [0.15, 0.2) is 9.79 Å². The Bertz CT molecular complexity index is 632. The molecule has 0 radical (unpaired) electrons. The summed E-state index contributed by atoms with van der Waals surface area (Å²) in [5, 5.41) is 8.62. The predicted octanol–water partition coefficient (Wildman–Crippen LogP) is 7.88. The summed E-state index contributed by atoms with van der Waals surface area (Å²) in [6, 6.07) is 22.0. The molecule has 0 saturated heterocycles. The van der Waals surface area contributed by atoms with Crippen LogP contribution >= 0.6 is 0 Å². The minimum absolute atomic E-state index is 0.198. The molecule has 2 aromatic rings. The van der Waals surface area contributed by atoms with Crippen LogP contribution in [0.1, 0.15) is 83.5 Å². The van der Waals surface area contributed by atoms with Crippen molar-refractivity contribution in [3.05, 3.63) is 60.7 Å². The fourth-order valence-corrected chi connectivity index (χ4v) is 6.04. The van der Waals surface area contributed by atoms with E-state index in [2.05, 4.69) is 60.7 Å². The third-order valence-corrected chi connectivity index (χ3v) is 7.92. The molecule has 2 nitrogen and oxygen atoms in total. The van der Waals surface area contributed by atoms with Gasteiger partial charge in [0.2, 0.25) is 0 Å². The molecule has 0 aliphatic carbocycles. The number of aliphatic carboxylic acids is 1. The molecular weight excluding hydrogens is 388 g/mol. The minimum atomic E-state index is -0.661. The first-order chi connectivity index (χ1) is 14.8. The normalized spacial score (nSPS) is 11.1. The van der Waals surface area contributed by atoms with Crippen molar-refractivity contribution in [2.45, 2.75) is 93.3 Å². The molecule has 0 fully saturated rings. The summed E-state index contributed by atoms with van der Waals surface area (Å²) in [7, 11) is 0.198. The van der Waals surface area contributed by atoms with E-state index in [1.165, 1.54) is 79.8 Å². The van der Waals surface area contributed by atoms with Crippen LogP contribution in [0.25, 0.3) is 0 Å². The second-order valence-corrected chi connectivity index (χ2v) is 10.2. The highest BCUT2D eigenvalue weighted by molar-refractivity contribution is 7.97. The van der Waals surface area contributed by atoms with Crippen molar-refractivity contribution >= 4 is 16.9 Å². The lowest BCUT2D eigenvalue weighted by Crippen LogP contribution is -2.08. The largest absolute Gasteiger partial charge is 0.481 e. The van der Waals surface area contributed by atoms with Gasteiger partial charge in [0, 0.05) is 6.42 Å². The van der Waals surface area contributed by atoms with Crippen LogP contribution in [0.2, 0.25) is 0 Å². The summed E-state index contributed by atoms with van der Waals surface area (Å²) in [5.41, 5.74) is 0. The predicted molar refractivity (Wildman–Crippen MR) is 129 cm³/mol. The number of carboxylic acids is 1. The molecule has 0 aliphatic rings. The van der Waals surface area contributed by atoms with Gasteiger partial charge in [0.1, 0.15) is 5.75 Å². The third kappa shape index (κ3) is 10.9. The molecule has 0 bridgehead atoms. The van der Waals surface area contributed by atoms with Crippen LogP contribution in [0.3, 0.4) is 0 Å². The second-order valence-electron chi connectivity index (χ2n) is 8.11. The quantitative estimate of drug-likeness (QED) is 0.206. The number of rotatable bonds is 17. The highest BCUT2D eigenvalue weighted by Gasteiger charge is 2.23. The van der Waals surface area contributed by atoms with Crippen molar-refractivity contribution in [2.24, 2.45) is 0 Å². The van der Waals surface area contributed by atoms with E-state index in [0.717, 1.165) is 12.8 Å². The van der Waals surface area contributed by atoms with E-state index < -0.39 is 5.97 Å². The van der Waals surface area contributed by atoms with Crippen LogP contribution in [0.5, 0.6) is 0 Å². The van der Waals surface area contributed by atoms with Gasteiger partial charge in [-0.3, -0.25) is 4.79 Å². The Labute approximate surface area is 186 Å². The van der Waals surface area contributed by atoms with E-state index in [1.54, 1.807) is 0 Å². The summed E-state index contributed by atoms with van der Waals surface area (Å²) in [6.45, 7) is 0. The van der Waals surface area contributed by atoms with Crippen molar-refractivity contribution in [2.75, 3.05) is 5.75 Å². The average molecular weight is 428 g/mol. The molecule has 2 rings (SSSR count). The molecule has 164 valence electrons. The Balaban J connectivity index is 1.50. The van der Waals surface area contributed by atoms with Gasteiger partial charge >= 0.3 is 5.97 Å². The smallest absolute Gasteiger partial charge is 0.303 e. The molecule has 0 spiro atoms. The first-order valence-corrected chi connectivity index (χ1v) is 13.2. The Morgan fingerprint density at radius 1 is 0.567 bits per heavy atom. The van der Waals surface area contributed by atoms with Crippen molar-refractivity contribution < 1.29 is 9.90 Å². The van der Waals surface area contributed by atoms with Crippen LogP contribution in [0.15, 0.2) is 70.5 Å². The number of benzene rings is 2. The summed E-state index contributed by atoms with van der Waals surface area (Å²) >= 11 is 0. The molecule has 0 amide bonds. The SMILES string of the molecule is O=C(O)CCCCCCCCCCCCCC[S+](c1ccccc1)c1ccccc1. The first-order valence-electron chi connectivity index (χ1n) is 11.8. The average Bonchev–Trinajstić information content (AvgIpc) is 2.77. The summed E-state index contributed by atoms with van der Waals surface area (Å²) in [5.74, 6) is 0.599. The fraction of sp³-hybridized carbons (Fsp3) is 0.519. The van der Waals surface area contributed by atoms with E-state index in [0.29, 0.717) is 6.42 Å². The molecule has 0 aromatic heterocycles. The van der Waals surface area contributed by atoms with Gasteiger partial charge < -0.3 is 5.11 Å². The lowest BCUT2D eigenvalue weighted by molar-refractivity contribution is -0.137. The lowest BCUT2D eigenvalue weighted by atomic mass is 10.0. The van der Waals surface area contributed by atoms with Crippen LogP contribution in [0, 0.1) is 0 Å². The maximum Gasteiger partial charge on any atom is 0.303 e. The van der Waals surface area contributed by atoms with Crippen molar-refractivity contribution in [3.63, 3.8) is 0 Å². The van der Waals surface area contributed by atoms with Crippen molar-refractivity contribution in [1.82, 2.24) is 0 Å². The van der Waals surface area contributed by atoms with Gasteiger partial charge in [-0.2, -0.15) is 0 Å². The molecule has 0 saturated carbocycles. The number of unbranched alkanes of at least 4 members (excludes halogenated alkanes) is 11. The minimum Gasteiger partial charge on any atom is -0.481 e. The number of hydrogen-bond acceptors (Lipinski definition) is 1. The van der Waals surface area contributed by atoms with Gasteiger partial charge in [0.25, 0.3) is 0 Å². The number of hydrogen-bond donors (Lipinski definition) is 1. The van der Waals surface area contributed by atoms with Crippen LogP contribution in [-0.4, -0.2) is 16.8 Å². The molecule has 2 aromatic carbocycles. The monoisotopic (exact) mass is 427 g/mol. The van der Waals surface area contributed by atoms with Gasteiger partial charge in [-0.15, -0.1) is 0 Å². The van der Waals surface area contributed by atoms with Gasteiger partial charge in [-0.1, -0.05) is 94.2 Å². The van der Waals surface area contributed by atoms with Gasteiger partial charge in [0.05, 0.1) is 10.9 Å². The fourth-order valence-electron chi connectivity index (χ4n) is 3.83. The topological polar surface area (TPSA) is 37.3 Å². The lowest BCUT2D eigenvalue weighted by Gasteiger charge is -2.08. The third-order valence-electron chi connectivity index (χ3n) is 5.54. The van der Waals surface area contributed by atoms with E-state index in [9.17, 15) is 4.79 Å². The zero-order valence-corrected chi connectivity index (χ0v) is 19.3. The highest BCUT2D eigenvalue weighted by atomic mass is 32.2. The van der Waals surface area contributed by atoms with Crippen LogP contribution < -0.4 is 0 Å². The van der Waals surface area contributed by atoms with Crippen molar-refractivity contribution in [1.29, 1.82) is 0 Å². The van der Waals surface area contributed by atoms with Crippen LogP contribution in [0.4, 0.5) is 0 Å². The molecule has 0 unspecified atom stereocenters. The molecule has 30 heavy (non-hydrogen) atoms. The Kier molecular flexibility index (Phi) is 13.1. The maximum atomic E-state index is 10.5. The van der Waals surface area contributed by atoms with Crippen molar-refractivity contribution in [3.8, 4) is 0 Å². The zero-order chi connectivity index (χ0) is 21.3. The molecule has 3 heteroatoms. The Morgan fingerprint density at radius 2 is 0.933 bits per heavy atom. The summed E-state index contributed by atoms with van der Waals surface area (Å²) < 4.78 is 0.